The van der Waals surface area contributed by atoms with Gasteiger partial charge in [-0.25, -0.2) is 0 Å². The molecule has 5 heteroatoms. The van der Waals surface area contributed by atoms with E-state index in [4.69, 9.17) is 28.5 Å². The van der Waals surface area contributed by atoms with Gasteiger partial charge in [-0.2, -0.15) is 5.26 Å². The molecule has 0 aliphatic carbocycles. The van der Waals surface area contributed by atoms with Crippen molar-refractivity contribution in [3.8, 4) is 6.07 Å². The van der Waals surface area contributed by atoms with Crippen molar-refractivity contribution in [1.82, 2.24) is 5.32 Å². The second-order valence-corrected chi connectivity index (χ2v) is 4.72. The minimum absolute atomic E-state index is 0.272. The highest BCUT2D eigenvalue weighted by Crippen LogP contribution is 2.21. The number of nitrogens with zero attached hydrogens (tertiary/aromatic N) is 1. The van der Waals surface area contributed by atoms with Crippen LogP contribution in [0.2, 0.25) is 10.0 Å². The molecule has 0 heterocycles. The molecule has 0 aromatic heterocycles. The van der Waals surface area contributed by atoms with Crippen LogP contribution in [-0.2, 0) is 0 Å². The fourth-order valence-corrected chi connectivity index (χ4v) is 1.56. The number of nitriles is 1. The van der Waals surface area contributed by atoms with Crippen molar-refractivity contribution in [3.05, 3.63) is 33.8 Å². The third-order valence-electron chi connectivity index (χ3n) is 2.52. The number of hydrogen-bond donors (Lipinski definition) is 1. The maximum atomic E-state index is 11.9. The summed E-state index contributed by atoms with van der Waals surface area (Å²) in [6, 6.07) is 6.68. The van der Waals surface area contributed by atoms with Crippen LogP contribution in [0.1, 0.15) is 30.6 Å². The molecule has 1 rings (SSSR count). The molecule has 0 spiro atoms. The molecule has 0 aliphatic rings. The first-order chi connectivity index (χ1) is 7.91. The fourth-order valence-electron chi connectivity index (χ4n) is 1.18. The predicted molar refractivity (Wildman–Crippen MR) is 68.2 cm³/mol. The lowest BCUT2D eigenvalue weighted by atomic mass is 10.0. The average Bonchev–Trinajstić information content (AvgIpc) is 2.32. The number of nitrogens with one attached hydrogen (secondary N) is 1. The number of carbonyl (C=O) groups is 1. The summed E-state index contributed by atoms with van der Waals surface area (Å²) in [6.07, 6.45) is 0.507. The van der Waals surface area contributed by atoms with E-state index in [9.17, 15) is 4.79 Å². The van der Waals surface area contributed by atoms with Crippen molar-refractivity contribution < 1.29 is 4.79 Å². The van der Waals surface area contributed by atoms with Crippen LogP contribution in [0, 0.1) is 11.3 Å². The number of hydrogen-bond acceptors (Lipinski definition) is 2. The van der Waals surface area contributed by atoms with Crippen LogP contribution < -0.4 is 5.32 Å². The molecule has 1 atom stereocenters. The van der Waals surface area contributed by atoms with Gasteiger partial charge in [0.2, 0.25) is 0 Å². The largest absolute Gasteiger partial charge is 0.334 e. The SMILES string of the molecule is CC[C@@](C)(C#N)NC(=O)c1cc(Cl)ccc1Cl. The first-order valence-electron chi connectivity index (χ1n) is 5.10. The molecule has 0 fully saturated rings. The van der Waals surface area contributed by atoms with E-state index in [2.05, 4.69) is 11.4 Å². The summed E-state index contributed by atoms with van der Waals surface area (Å²) in [4.78, 5) is 11.9. The van der Waals surface area contributed by atoms with E-state index in [1.807, 2.05) is 6.92 Å². The van der Waals surface area contributed by atoms with Gasteiger partial charge >= 0.3 is 0 Å². The molecule has 1 amide bonds. The Kier molecular flexibility index (Phi) is 4.39. The zero-order valence-corrected chi connectivity index (χ0v) is 11.1. The normalized spacial score (nSPS) is 13.6. The van der Waals surface area contributed by atoms with E-state index >= 15 is 0 Å². The zero-order valence-electron chi connectivity index (χ0n) is 9.55. The van der Waals surface area contributed by atoms with E-state index in [0.29, 0.717) is 16.5 Å². The molecular formula is C12H12Cl2N2O. The monoisotopic (exact) mass is 270 g/mol. The lowest BCUT2D eigenvalue weighted by Gasteiger charge is -2.21. The van der Waals surface area contributed by atoms with Crippen LogP contribution in [-0.4, -0.2) is 11.4 Å². The van der Waals surface area contributed by atoms with Crippen molar-refractivity contribution in [2.24, 2.45) is 0 Å². The highest BCUT2D eigenvalue weighted by molar-refractivity contribution is 6.35. The summed E-state index contributed by atoms with van der Waals surface area (Å²) >= 11 is 11.7. The number of halogens is 2. The Morgan fingerprint density at radius 3 is 2.71 bits per heavy atom. The predicted octanol–water partition coefficient (Wildman–Crippen LogP) is 3.42. The number of amides is 1. The molecule has 1 N–H and O–H groups in total. The molecule has 3 nitrogen and oxygen atoms in total. The second-order valence-electron chi connectivity index (χ2n) is 3.88. The molecule has 0 bridgehead atoms. The smallest absolute Gasteiger partial charge is 0.254 e. The Bertz CT molecular complexity index is 482. The highest BCUT2D eigenvalue weighted by atomic mass is 35.5. The summed E-state index contributed by atoms with van der Waals surface area (Å²) in [5, 5.41) is 12.3. The van der Waals surface area contributed by atoms with E-state index in [-0.39, 0.29) is 5.56 Å². The van der Waals surface area contributed by atoms with Crippen LogP contribution in [0.4, 0.5) is 0 Å². The van der Waals surface area contributed by atoms with Gasteiger partial charge in [0.25, 0.3) is 5.91 Å². The maximum absolute atomic E-state index is 11.9. The third kappa shape index (κ3) is 3.36. The lowest BCUT2D eigenvalue weighted by molar-refractivity contribution is 0.0923. The molecule has 0 unspecified atom stereocenters. The molecular weight excluding hydrogens is 259 g/mol. The van der Waals surface area contributed by atoms with Gasteiger partial charge in [0.1, 0.15) is 5.54 Å². The zero-order chi connectivity index (χ0) is 13.1. The molecule has 0 aliphatic heterocycles. The third-order valence-corrected chi connectivity index (χ3v) is 3.08. The van der Waals surface area contributed by atoms with E-state index in [0.717, 1.165) is 0 Å². The lowest BCUT2D eigenvalue weighted by Crippen LogP contribution is -2.44. The van der Waals surface area contributed by atoms with Crippen LogP contribution in [0.5, 0.6) is 0 Å². The molecule has 0 saturated carbocycles. The van der Waals surface area contributed by atoms with Gasteiger partial charge in [-0.3, -0.25) is 4.79 Å². The van der Waals surface area contributed by atoms with Crippen LogP contribution in [0.15, 0.2) is 18.2 Å². The highest BCUT2D eigenvalue weighted by Gasteiger charge is 2.25. The van der Waals surface area contributed by atoms with Crippen LogP contribution >= 0.6 is 23.2 Å². The summed E-state index contributed by atoms with van der Waals surface area (Å²) in [6.45, 7) is 3.48. The fraction of sp³-hybridized carbons (Fsp3) is 0.333. The number of benzene rings is 1. The number of carbonyl (C=O) groups excluding carboxylic acids is 1. The van der Waals surface area contributed by atoms with Gasteiger partial charge in [-0.1, -0.05) is 30.1 Å². The minimum Gasteiger partial charge on any atom is -0.334 e. The summed E-state index contributed by atoms with van der Waals surface area (Å²) in [5.41, 5.74) is -0.628. The van der Waals surface area contributed by atoms with Crippen molar-refractivity contribution in [3.63, 3.8) is 0 Å². The van der Waals surface area contributed by atoms with Gasteiger partial charge < -0.3 is 5.32 Å². The standard InChI is InChI=1S/C12H12Cl2N2O/c1-3-12(2,7-15)16-11(17)9-6-8(13)4-5-10(9)14/h4-6H,3H2,1-2H3,(H,16,17)/t12-/m0/s1. The Hall–Kier alpha value is -1.24. The number of rotatable bonds is 3. The molecule has 0 saturated heterocycles. The van der Waals surface area contributed by atoms with Crippen molar-refractivity contribution in [1.29, 1.82) is 5.26 Å². The Labute approximate surface area is 110 Å². The average molecular weight is 271 g/mol. The van der Waals surface area contributed by atoms with Crippen molar-refractivity contribution in [2.75, 3.05) is 0 Å². The first-order valence-corrected chi connectivity index (χ1v) is 5.86. The van der Waals surface area contributed by atoms with Crippen LogP contribution in [0.25, 0.3) is 0 Å². The van der Waals surface area contributed by atoms with Gasteiger partial charge in [0.05, 0.1) is 16.7 Å². The van der Waals surface area contributed by atoms with Crippen molar-refractivity contribution >= 4 is 29.1 Å². The quantitative estimate of drug-likeness (QED) is 0.915. The molecule has 1 aromatic carbocycles. The molecule has 90 valence electrons. The summed E-state index contributed by atoms with van der Waals surface area (Å²) in [7, 11) is 0. The van der Waals surface area contributed by atoms with Gasteiger partial charge in [-0.05, 0) is 31.5 Å². The van der Waals surface area contributed by atoms with Crippen LogP contribution in [0.3, 0.4) is 0 Å². The Morgan fingerprint density at radius 1 is 1.53 bits per heavy atom. The first kappa shape index (κ1) is 13.8. The maximum Gasteiger partial charge on any atom is 0.254 e. The van der Waals surface area contributed by atoms with E-state index < -0.39 is 11.4 Å². The topological polar surface area (TPSA) is 52.9 Å². The van der Waals surface area contributed by atoms with Gasteiger partial charge in [0.15, 0.2) is 0 Å². The minimum atomic E-state index is -0.900. The molecule has 1 aromatic rings. The van der Waals surface area contributed by atoms with E-state index in [1.54, 1.807) is 19.1 Å². The molecule has 17 heavy (non-hydrogen) atoms. The summed E-state index contributed by atoms with van der Waals surface area (Å²) < 4.78 is 0. The molecule has 0 radical (unpaired) electrons. The van der Waals surface area contributed by atoms with Crippen molar-refractivity contribution in [2.45, 2.75) is 25.8 Å². The Balaban J connectivity index is 2.99. The van der Waals surface area contributed by atoms with Gasteiger partial charge in [0, 0.05) is 5.02 Å². The van der Waals surface area contributed by atoms with E-state index in [1.165, 1.54) is 6.07 Å². The Morgan fingerprint density at radius 2 is 2.18 bits per heavy atom. The van der Waals surface area contributed by atoms with Gasteiger partial charge in [-0.15, -0.1) is 0 Å². The summed E-state index contributed by atoms with van der Waals surface area (Å²) in [5.74, 6) is -0.400. The second kappa shape index (κ2) is 5.39.